The number of fused-ring (bicyclic) bond motifs is 1. The van der Waals surface area contributed by atoms with E-state index in [2.05, 4.69) is 4.99 Å². The van der Waals surface area contributed by atoms with Gasteiger partial charge in [0.2, 0.25) is 0 Å². The van der Waals surface area contributed by atoms with Crippen LogP contribution in [0.4, 0.5) is 0 Å². The second kappa shape index (κ2) is 2.97. The molecule has 0 fully saturated rings. The summed E-state index contributed by atoms with van der Waals surface area (Å²) in [5, 5.41) is 10.6. The third kappa shape index (κ3) is 1.30. The summed E-state index contributed by atoms with van der Waals surface area (Å²) < 4.78 is 0. The van der Waals surface area contributed by atoms with Crippen LogP contribution in [0.2, 0.25) is 0 Å². The fourth-order valence-corrected chi connectivity index (χ4v) is 1.48. The average Bonchev–Trinajstić information content (AvgIpc) is 2.17. The Morgan fingerprint density at radius 2 is 2.15 bits per heavy atom. The molecule has 0 amide bonds. The first-order valence-electron chi connectivity index (χ1n) is 4.06. The zero-order chi connectivity index (χ0) is 9.26. The van der Waals surface area contributed by atoms with Crippen LogP contribution in [0.1, 0.15) is 11.1 Å². The molecule has 0 spiro atoms. The van der Waals surface area contributed by atoms with E-state index in [0.29, 0.717) is 12.1 Å². The van der Waals surface area contributed by atoms with Crippen LogP contribution < -0.4 is 0 Å². The van der Waals surface area contributed by atoms with Gasteiger partial charge < -0.3 is 10.1 Å². The van der Waals surface area contributed by atoms with E-state index in [1.54, 1.807) is 12.1 Å². The Morgan fingerprint density at radius 1 is 1.38 bits per heavy atom. The standard InChI is InChI=1S/C9H8N2O2/c12-11(13)9-8-4-2-1-3-7(8)5-6-10-9/h1-4H,5-6H2. The van der Waals surface area contributed by atoms with Crippen molar-refractivity contribution in [3.8, 4) is 0 Å². The third-order valence-corrected chi connectivity index (χ3v) is 2.07. The van der Waals surface area contributed by atoms with Gasteiger partial charge in [-0.1, -0.05) is 23.2 Å². The highest BCUT2D eigenvalue weighted by molar-refractivity contribution is 5.94. The summed E-state index contributed by atoms with van der Waals surface area (Å²) in [6.07, 6.45) is 0.799. The minimum atomic E-state index is -0.419. The van der Waals surface area contributed by atoms with Gasteiger partial charge in [0.05, 0.1) is 5.56 Å². The van der Waals surface area contributed by atoms with Gasteiger partial charge in [-0.25, -0.2) is 0 Å². The number of hydrogen-bond donors (Lipinski definition) is 0. The lowest BCUT2D eigenvalue weighted by molar-refractivity contribution is -0.349. The van der Waals surface area contributed by atoms with Crippen molar-refractivity contribution in [3.63, 3.8) is 0 Å². The van der Waals surface area contributed by atoms with E-state index in [4.69, 9.17) is 0 Å². The van der Waals surface area contributed by atoms with Gasteiger partial charge in [0.1, 0.15) is 6.54 Å². The summed E-state index contributed by atoms with van der Waals surface area (Å²) in [4.78, 5) is 14.1. The van der Waals surface area contributed by atoms with E-state index in [1.807, 2.05) is 12.1 Å². The number of nitrogens with zero attached hydrogens (tertiary/aromatic N) is 2. The molecule has 1 aliphatic heterocycles. The number of nitro groups is 1. The molecule has 1 heterocycles. The molecule has 13 heavy (non-hydrogen) atoms. The van der Waals surface area contributed by atoms with Crippen LogP contribution in [0, 0.1) is 10.1 Å². The topological polar surface area (TPSA) is 55.5 Å². The fourth-order valence-electron chi connectivity index (χ4n) is 1.48. The molecule has 66 valence electrons. The quantitative estimate of drug-likeness (QED) is 0.441. The maximum atomic E-state index is 10.6. The Balaban J connectivity index is 2.53. The molecule has 4 nitrogen and oxygen atoms in total. The van der Waals surface area contributed by atoms with E-state index in [9.17, 15) is 10.1 Å². The first kappa shape index (κ1) is 7.91. The maximum Gasteiger partial charge on any atom is 0.365 e. The smallest absolute Gasteiger partial charge is 0.358 e. The van der Waals surface area contributed by atoms with E-state index < -0.39 is 4.92 Å². The Kier molecular flexibility index (Phi) is 1.81. The molecule has 0 aliphatic carbocycles. The second-order valence-corrected chi connectivity index (χ2v) is 2.87. The zero-order valence-electron chi connectivity index (χ0n) is 6.93. The Bertz CT molecular complexity index is 385. The molecule has 0 saturated heterocycles. The number of hydrogen-bond acceptors (Lipinski definition) is 3. The first-order chi connectivity index (χ1) is 6.29. The summed E-state index contributed by atoms with van der Waals surface area (Å²) in [6.45, 7) is 0.521. The van der Waals surface area contributed by atoms with E-state index >= 15 is 0 Å². The molecular formula is C9H8N2O2. The Labute approximate surface area is 75.1 Å². The van der Waals surface area contributed by atoms with E-state index in [0.717, 1.165) is 12.0 Å². The van der Waals surface area contributed by atoms with Crippen molar-refractivity contribution in [2.45, 2.75) is 6.42 Å². The van der Waals surface area contributed by atoms with Crippen molar-refractivity contribution in [1.82, 2.24) is 0 Å². The van der Waals surface area contributed by atoms with Crippen molar-refractivity contribution in [2.24, 2.45) is 4.99 Å². The first-order valence-corrected chi connectivity index (χ1v) is 4.06. The van der Waals surface area contributed by atoms with Crippen LogP contribution in [0.3, 0.4) is 0 Å². The van der Waals surface area contributed by atoms with Gasteiger partial charge in [-0.05, 0) is 16.6 Å². The molecular weight excluding hydrogens is 168 g/mol. The highest BCUT2D eigenvalue weighted by atomic mass is 16.6. The number of rotatable bonds is 0. The lowest BCUT2D eigenvalue weighted by Crippen LogP contribution is -2.20. The highest BCUT2D eigenvalue weighted by Crippen LogP contribution is 2.15. The van der Waals surface area contributed by atoms with Gasteiger partial charge in [-0.15, -0.1) is 0 Å². The molecule has 0 radical (unpaired) electrons. The molecule has 0 bridgehead atoms. The maximum absolute atomic E-state index is 10.6. The predicted molar refractivity (Wildman–Crippen MR) is 48.5 cm³/mol. The third-order valence-electron chi connectivity index (χ3n) is 2.07. The summed E-state index contributed by atoms with van der Waals surface area (Å²) in [5.74, 6) is 0.00171. The van der Waals surface area contributed by atoms with E-state index in [-0.39, 0.29) is 5.84 Å². The van der Waals surface area contributed by atoms with Crippen molar-refractivity contribution in [2.75, 3.05) is 6.54 Å². The monoisotopic (exact) mass is 176 g/mol. The lowest BCUT2D eigenvalue weighted by Gasteiger charge is -2.08. The molecule has 1 aromatic carbocycles. The van der Waals surface area contributed by atoms with Gasteiger partial charge in [0.15, 0.2) is 0 Å². The van der Waals surface area contributed by atoms with Crippen molar-refractivity contribution in [1.29, 1.82) is 0 Å². The largest absolute Gasteiger partial charge is 0.365 e. The van der Waals surface area contributed by atoms with Gasteiger partial charge in [-0.3, -0.25) is 0 Å². The number of aliphatic imine (C=N–C) groups is 1. The molecule has 1 aromatic rings. The van der Waals surface area contributed by atoms with Crippen molar-refractivity contribution in [3.05, 3.63) is 45.5 Å². The SMILES string of the molecule is O=[N+]([O-])C1=NCCc2ccccc21. The minimum absolute atomic E-state index is 0.00171. The van der Waals surface area contributed by atoms with Gasteiger partial charge in [-0.2, -0.15) is 0 Å². The molecule has 0 unspecified atom stereocenters. The summed E-state index contributed by atoms with van der Waals surface area (Å²) in [6, 6.07) is 7.34. The van der Waals surface area contributed by atoms with Gasteiger partial charge in [0, 0.05) is 6.42 Å². The summed E-state index contributed by atoms with van der Waals surface area (Å²) in [5.41, 5.74) is 1.68. The summed E-state index contributed by atoms with van der Waals surface area (Å²) >= 11 is 0. The van der Waals surface area contributed by atoms with Crippen molar-refractivity contribution >= 4 is 5.84 Å². The minimum Gasteiger partial charge on any atom is -0.358 e. The highest BCUT2D eigenvalue weighted by Gasteiger charge is 2.22. The average molecular weight is 176 g/mol. The normalized spacial score (nSPS) is 14.6. The summed E-state index contributed by atoms with van der Waals surface area (Å²) in [7, 11) is 0. The number of amidine groups is 1. The lowest BCUT2D eigenvalue weighted by atomic mass is 10.0. The second-order valence-electron chi connectivity index (χ2n) is 2.87. The van der Waals surface area contributed by atoms with Crippen LogP contribution >= 0.6 is 0 Å². The van der Waals surface area contributed by atoms with Crippen LogP contribution in [0.15, 0.2) is 29.3 Å². The molecule has 0 N–H and O–H groups in total. The molecule has 4 heteroatoms. The molecule has 0 saturated carbocycles. The van der Waals surface area contributed by atoms with Gasteiger partial charge >= 0.3 is 5.84 Å². The molecule has 0 atom stereocenters. The Morgan fingerprint density at radius 3 is 2.92 bits per heavy atom. The van der Waals surface area contributed by atoms with Gasteiger partial charge in [0.25, 0.3) is 0 Å². The zero-order valence-corrected chi connectivity index (χ0v) is 6.93. The number of benzene rings is 1. The van der Waals surface area contributed by atoms with Crippen LogP contribution in [-0.4, -0.2) is 17.3 Å². The molecule has 2 rings (SSSR count). The Hall–Kier alpha value is -1.71. The predicted octanol–water partition coefficient (Wildman–Crippen LogP) is 1.27. The van der Waals surface area contributed by atoms with Crippen LogP contribution in [-0.2, 0) is 6.42 Å². The van der Waals surface area contributed by atoms with Crippen LogP contribution in [0.5, 0.6) is 0 Å². The molecule has 0 aromatic heterocycles. The van der Waals surface area contributed by atoms with E-state index in [1.165, 1.54) is 0 Å². The molecule has 1 aliphatic rings. The fraction of sp³-hybridized carbons (Fsp3) is 0.222. The van der Waals surface area contributed by atoms with Crippen LogP contribution in [0.25, 0.3) is 0 Å². The van der Waals surface area contributed by atoms with Crippen molar-refractivity contribution < 1.29 is 4.92 Å².